The second-order valence-corrected chi connectivity index (χ2v) is 6.78. The molecule has 21 heavy (non-hydrogen) atoms. The van der Waals surface area contributed by atoms with Crippen LogP contribution >= 0.6 is 0 Å². The second kappa shape index (κ2) is 5.41. The van der Waals surface area contributed by atoms with Crippen LogP contribution in [0.3, 0.4) is 0 Å². The normalized spacial score (nSPS) is 38.6. The van der Waals surface area contributed by atoms with Crippen LogP contribution in [-0.2, 0) is 14.2 Å². The summed E-state index contributed by atoms with van der Waals surface area (Å²) in [6.45, 7) is 4.95. The van der Waals surface area contributed by atoms with Crippen molar-refractivity contribution in [1.29, 1.82) is 0 Å². The summed E-state index contributed by atoms with van der Waals surface area (Å²) in [5.74, 6) is 0.847. The van der Waals surface area contributed by atoms with Gasteiger partial charge in [-0.15, -0.1) is 0 Å². The number of hydrogen-bond acceptors (Lipinski definition) is 5. The number of ether oxygens (including phenoxy) is 3. The monoisotopic (exact) mass is 296 g/mol. The molecule has 1 amide bonds. The molecule has 0 aromatic carbocycles. The van der Waals surface area contributed by atoms with Gasteiger partial charge >= 0.3 is 6.09 Å². The van der Waals surface area contributed by atoms with E-state index >= 15 is 0 Å². The molecule has 4 aliphatic rings. The Balaban J connectivity index is 1.36. The molecule has 1 N–H and O–H groups in total. The zero-order chi connectivity index (χ0) is 14.3. The Morgan fingerprint density at radius 1 is 1.24 bits per heavy atom. The molecule has 4 heterocycles. The van der Waals surface area contributed by atoms with Gasteiger partial charge in [-0.3, -0.25) is 0 Å². The lowest BCUT2D eigenvalue weighted by atomic mass is 9.87. The average Bonchev–Trinajstić information content (AvgIpc) is 3.07. The highest BCUT2D eigenvalue weighted by atomic mass is 16.7. The fraction of sp³-hybridized carbons (Fsp3) is 0.933. The van der Waals surface area contributed by atoms with Crippen LogP contribution < -0.4 is 5.32 Å². The van der Waals surface area contributed by atoms with Crippen LogP contribution in [0.25, 0.3) is 0 Å². The molecule has 3 unspecified atom stereocenters. The topological polar surface area (TPSA) is 60.0 Å². The number of rotatable bonds is 2. The quantitative estimate of drug-likeness (QED) is 0.822. The van der Waals surface area contributed by atoms with E-state index in [1.807, 2.05) is 4.90 Å². The van der Waals surface area contributed by atoms with Crippen LogP contribution in [-0.4, -0.2) is 62.3 Å². The molecular weight excluding hydrogens is 272 g/mol. The molecule has 3 atom stereocenters. The molecule has 4 saturated heterocycles. The van der Waals surface area contributed by atoms with Gasteiger partial charge in [-0.2, -0.15) is 0 Å². The number of fused-ring (bicyclic) bond motifs is 1. The Bertz CT molecular complexity index is 410. The molecule has 4 rings (SSSR count). The second-order valence-electron chi connectivity index (χ2n) is 6.78. The molecule has 1 spiro atoms. The SMILES string of the molecule is O=C1OC2(CCNCC2)CCN1CC1COC2OCCC12. The van der Waals surface area contributed by atoms with Crippen LogP contribution in [0, 0.1) is 11.8 Å². The Hall–Kier alpha value is -0.850. The number of hydrogen-bond donors (Lipinski definition) is 1. The van der Waals surface area contributed by atoms with E-state index in [0.29, 0.717) is 18.4 Å². The Morgan fingerprint density at radius 3 is 2.90 bits per heavy atom. The molecule has 0 aromatic rings. The van der Waals surface area contributed by atoms with Crippen LogP contribution in [0.1, 0.15) is 25.7 Å². The summed E-state index contributed by atoms with van der Waals surface area (Å²) in [5, 5.41) is 3.33. The molecule has 118 valence electrons. The zero-order valence-corrected chi connectivity index (χ0v) is 12.4. The summed E-state index contributed by atoms with van der Waals surface area (Å²) in [6, 6.07) is 0. The molecule has 0 aliphatic carbocycles. The minimum Gasteiger partial charge on any atom is -0.443 e. The molecule has 4 fully saturated rings. The van der Waals surface area contributed by atoms with Gasteiger partial charge in [0.05, 0.1) is 13.2 Å². The Labute approximate surface area is 125 Å². The van der Waals surface area contributed by atoms with Crippen molar-refractivity contribution in [3.63, 3.8) is 0 Å². The van der Waals surface area contributed by atoms with Gasteiger partial charge < -0.3 is 24.4 Å². The van der Waals surface area contributed by atoms with E-state index in [1.54, 1.807) is 0 Å². The summed E-state index contributed by atoms with van der Waals surface area (Å²) in [5.41, 5.74) is -0.204. The van der Waals surface area contributed by atoms with Crippen LogP contribution in [0.2, 0.25) is 0 Å². The molecule has 4 aliphatic heterocycles. The lowest BCUT2D eigenvalue weighted by Crippen LogP contribution is -2.54. The largest absolute Gasteiger partial charge is 0.443 e. The van der Waals surface area contributed by atoms with E-state index in [1.165, 1.54) is 0 Å². The zero-order valence-electron chi connectivity index (χ0n) is 12.4. The maximum atomic E-state index is 12.4. The predicted octanol–water partition coefficient (Wildman–Crippen LogP) is 0.960. The van der Waals surface area contributed by atoms with Crippen molar-refractivity contribution >= 4 is 6.09 Å². The van der Waals surface area contributed by atoms with Gasteiger partial charge in [0.15, 0.2) is 6.29 Å². The fourth-order valence-electron chi connectivity index (χ4n) is 4.15. The first-order valence-electron chi connectivity index (χ1n) is 8.18. The van der Waals surface area contributed by atoms with E-state index in [9.17, 15) is 4.79 Å². The van der Waals surface area contributed by atoms with Crippen molar-refractivity contribution < 1.29 is 19.0 Å². The first-order chi connectivity index (χ1) is 10.3. The number of nitrogens with zero attached hydrogens (tertiary/aromatic N) is 1. The van der Waals surface area contributed by atoms with Gasteiger partial charge in [-0.25, -0.2) is 4.79 Å². The van der Waals surface area contributed by atoms with Crippen molar-refractivity contribution in [2.75, 3.05) is 39.4 Å². The van der Waals surface area contributed by atoms with E-state index < -0.39 is 0 Å². The van der Waals surface area contributed by atoms with Crippen molar-refractivity contribution in [1.82, 2.24) is 10.2 Å². The average molecular weight is 296 g/mol. The van der Waals surface area contributed by atoms with Crippen LogP contribution in [0.5, 0.6) is 0 Å². The van der Waals surface area contributed by atoms with Crippen molar-refractivity contribution in [3.8, 4) is 0 Å². The maximum Gasteiger partial charge on any atom is 0.410 e. The number of piperidine rings is 1. The summed E-state index contributed by atoms with van der Waals surface area (Å²) in [6.07, 6.45) is 3.72. The molecule has 6 nitrogen and oxygen atoms in total. The van der Waals surface area contributed by atoms with Crippen molar-refractivity contribution in [3.05, 3.63) is 0 Å². The molecular formula is C15H24N2O4. The number of carbonyl (C=O) groups excluding carboxylic acids is 1. The standard InChI is InChI=1S/C15H24N2O4/c18-14-17(7-4-15(21-14)2-5-16-6-3-15)9-11-10-20-13-12(11)1-8-19-13/h11-13,16H,1-10H2. The van der Waals surface area contributed by atoms with Crippen molar-refractivity contribution in [2.45, 2.75) is 37.6 Å². The fourth-order valence-corrected chi connectivity index (χ4v) is 4.15. The molecule has 0 bridgehead atoms. The summed E-state index contributed by atoms with van der Waals surface area (Å²) in [7, 11) is 0. The summed E-state index contributed by atoms with van der Waals surface area (Å²) >= 11 is 0. The van der Waals surface area contributed by atoms with Gasteiger partial charge in [-0.1, -0.05) is 0 Å². The highest BCUT2D eigenvalue weighted by molar-refractivity contribution is 5.69. The summed E-state index contributed by atoms with van der Waals surface area (Å²) < 4.78 is 17.0. The van der Waals surface area contributed by atoms with E-state index in [0.717, 1.165) is 58.5 Å². The smallest absolute Gasteiger partial charge is 0.410 e. The highest BCUT2D eigenvalue weighted by Gasteiger charge is 2.45. The first-order valence-corrected chi connectivity index (χ1v) is 8.18. The van der Waals surface area contributed by atoms with Gasteiger partial charge in [0.1, 0.15) is 5.60 Å². The minimum absolute atomic E-state index is 0.0356. The molecule has 6 heteroatoms. The van der Waals surface area contributed by atoms with E-state index in [-0.39, 0.29) is 18.0 Å². The number of nitrogens with one attached hydrogen (secondary N) is 1. The number of amides is 1. The predicted molar refractivity (Wildman–Crippen MR) is 74.8 cm³/mol. The molecule has 0 radical (unpaired) electrons. The van der Waals surface area contributed by atoms with E-state index in [2.05, 4.69) is 5.32 Å². The minimum atomic E-state index is -0.204. The maximum absolute atomic E-state index is 12.4. The third kappa shape index (κ3) is 2.53. The van der Waals surface area contributed by atoms with Crippen LogP contribution in [0.15, 0.2) is 0 Å². The third-order valence-electron chi connectivity index (χ3n) is 5.53. The Kier molecular flexibility index (Phi) is 3.55. The Morgan fingerprint density at radius 2 is 2.10 bits per heavy atom. The van der Waals surface area contributed by atoms with E-state index in [4.69, 9.17) is 14.2 Å². The third-order valence-corrected chi connectivity index (χ3v) is 5.53. The van der Waals surface area contributed by atoms with Gasteiger partial charge in [0.25, 0.3) is 0 Å². The molecule has 0 saturated carbocycles. The highest BCUT2D eigenvalue weighted by Crippen LogP contribution is 2.37. The first kappa shape index (κ1) is 13.8. The lowest BCUT2D eigenvalue weighted by Gasteiger charge is -2.44. The lowest BCUT2D eigenvalue weighted by molar-refractivity contribution is -0.0906. The molecule has 0 aromatic heterocycles. The van der Waals surface area contributed by atoms with Gasteiger partial charge in [-0.05, 0) is 32.4 Å². The van der Waals surface area contributed by atoms with Gasteiger partial charge in [0, 0.05) is 31.3 Å². The van der Waals surface area contributed by atoms with Crippen LogP contribution in [0.4, 0.5) is 4.79 Å². The van der Waals surface area contributed by atoms with Gasteiger partial charge in [0.2, 0.25) is 0 Å². The van der Waals surface area contributed by atoms with Crippen molar-refractivity contribution in [2.24, 2.45) is 11.8 Å². The summed E-state index contributed by atoms with van der Waals surface area (Å²) in [4.78, 5) is 14.2. The number of carbonyl (C=O) groups is 1.